The Bertz CT molecular complexity index is 1100. The van der Waals surface area contributed by atoms with Gasteiger partial charge < -0.3 is 10.6 Å². The molecule has 3 aromatic rings. The molecule has 2 aromatic carbocycles. The highest BCUT2D eigenvalue weighted by molar-refractivity contribution is 7.11. The van der Waals surface area contributed by atoms with Gasteiger partial charge in [-0.05, 0) is 47.8 Å². The zero-order valence-electron chi connectivity index (χ0n) is 15.5. The van der Waals surface area contributed by atoms with Crippen LogP contribution in [0.5, 0.6) is 0 Å². The number of carbonyl (C=O) groups excluding carboxylic acids is 3. The molecule has 0 fully saturated rings. The number of hydrogen-bond acceptors (Lipinski definition) is 5. The van der Waals surface area contributed by atoms with E-state index in [-0.39, 0.29) is 17.5 Å². The van der Waals surface area contributed by atoms with Gasteiger partial charge in [0, 0.05) is 23.2 Å². The highest BCUT2D eigenvalue weighted by atomic mass is 32.1. The lowest BCUT2D eigenvalue weighted by Crippen LogP contribution is -2.32. The number of para-hydroxylation sites is 1. The maximum Gasteiger partial charge on any atom is 0.282 e. The number of rotatable bonds is 5. The second kappa shape index (κ2) is 7.73. The summed E-state index contributed by atoms with van der Waals surface area (Å²) in [7, 11) is 0. The van der Waals surface area contributed by atoms with Crippen LogP contribution in [0, 0.1) is 0 Å². The van der Waals surface area contributed by atoms with Crippen LogP contribution in [0.15, 0.2) is 77.8 Å². The number of benzene rings is 2. The van der Waals surface area contributed by atoms with E-state index < -0.39 is 5.91 Å². The monoisotopic (exact) mass is 403 g/mol. The first-order chi connectivity index (χ1) is 14.0. The predicted octanol–water partition coefficient (Wildman–Crippen LogP) is 4.10. The quantitative estimate of drug-likeness (QED) is 0.629. The van der Waals surface area contributed by atoms with E-state index in [9.17, 15) is 14.4 Å². The first kappa shape index (κ1) is 18.6. The summed E-state index contributed by atoms with van der Waals surface area (Å²) < 4.78 is 0. The van der Waals surface area contributed by atoms with E-state index >= 15 is 0 Å². The summed E-state index contributed by atoms with van der Waals surface area (Å²) >= 11 is 1.40. The van der Waals surface area contributed by atoms with Gasteiger partial charge >= 0.3 is 0 Å². The SMILES string of the molecule is CC(=O)Nc1ccc(NC2=C(c3cccs3)C(=O)N(c3ccccc3)C2=O)cc1. The molecule has 3 amide bonds. The van der Waals surface area contributed by atoms with Gasteiger partial charge in [0.05, 0.1) is 11.3 Å². The van der Waals surface area contributed by atoms with Gasteiger partial charge in [0.25, 0.3) is 11.8 Å². The van der Waals surface area contributed by atoms with Crippen LogP contribution >= 0.6 is 11.3 Å². The van der Waals surface area contributed by atoms with Crippen molar-refractivity contribution in [3.05, 3.63) is 82.7 Å². The van der Waals surface area contributed by atoms with Gasteiger partial charge in [0.2, 0.25) is 5.91 Å². The van der Waals surface area contributed by atoms with Crippen LogP contribution in [0.4, 0.5) is 17.1 Å². The Balaban J connectivity index is 1.70. The molecule has 2 N–H and O–H groups in total. The maximum atomic E-state index is 13.2. The Labute approximate surface area is 171 Å². The molecule has 2 heterocycles. The molecule has 0 saturated carbocycles. The second-order valence-corrected chi connectivity index (χ2v) is 7.34. The first-order valence-electron chi connectivity index (χ1n) is 8.91. The molecule has 0 bridgehead atoms. The average molecular weight is 403 g/mol. The van der Waals surface area contributed by atoms with Crippen LogP contribution < -0.4 is 15.5 Å². The van der Waals surface area contributed by atoms with Crippen LogP contribution in [0.25, 0.3) is 5.57 Å². The van der Waals surface area contributed by atoms with E-state index in [2.05, 4.69) is 10.6 Å². The van der Waals surface area contributed by atoms with Crippen molar-refractivity contribution >= 4 is 51.7 Å². The van der Waals surface area contributed by atoms with Crippen LogP contribution in [0.1, 0.15) is 11.8 Å². The van der Waals surface area contributed by atoms with E-state index in [0.29, 0.717) is 22.6 Å². The number of nitrogens with zero attached hydrogens (tertiary/aromatic N) is 1. The summed E-state index contributed by atoms with van der Waals surface area (Å²) in [6.07, 6.45) is 0. The standard InChI is InChI=1S/C22H17N3O3S/c1-14(26)23-15-9-11-16(12-10-15)24-20-19(18-8-5-13-29-18)21(27)25(22(20)28)17-6-3-2-4-7-17/h2-13,24H,1H3,(H,23,26). The Kier molecular flexibility index (Phi) is 4.97. The van der Waals surface area contributed by atoms with Crippen molar-refractivity contribution in [3.63, 3.8) is 0 Å². The fourth-order valence-electron chi connectivity index (χ4n) is 3.09. The normalized spacial score (nSPS) is 13.8. The van der Waals surface area contributed by atoms with Crippen molar-refractivity contribution < 1.29 is 14.4 Å². The maximum absolute atomic E-state index is 13.2. The van der Waals surface area contributed by atoms with Gasteiger partial charge in [-0.1, -0.05) is 24.3 Å². The van der Waals surface area contributed by atoms with E-state index in [1.807, 2.05) is 23.6 Å². The molecule has 6 nitrogen and oxygen atoms in total. The van der Waals surface area contributed by atoms with Gasteiger partial charge in [-0.25, -0.2) is 4.90 Å². The minimum atomic E-state index is -0.407. The lowest BCUT2D eigenvalue weighted by molar-refractivity contribution is -0.120. The molecule has 4 rings (SSSR count). The van der Waals surface area contributed by atoms with Gasteiger partial charge in [0.1, 0.15) is 5.70 Å². The van der Waals surface area contributed by atoms with Gasteiger partial charge in [-0.15, -0.1) is 11.3 Å². The van der Waals surface area contributed by atoms with E-state index in [4.69, 9.17) is 0 Å². The number of amides is 3. The van der Waals surface area contributed by atoms with Gasteiger partial charge in [-0.2, -0.15) is 0 Å². The predicted molar refractivity (Wildman–Crippen MR) is 115 cm³/mol. The van der Waals surface area contributed by atoms with Crippen LogP contribution in [-0.2, 0) is 14.4 Å². The molecule has 1 aliphatic rings. The number of imide groups is 1. The van der Waals surface area contributed by atoms with E-state index in [1.54, 1.807) is 48.5 Å². The fraction of sp³-hybridized carbons (Fsp3) is 0.0455. The Morgan fingerprint density at radius 3 is 2.17 bits per heavy atom. The largest absolute Gasteiger partial charge is 0.350 e. The molecule has 0 spiro atoms. The molecule has 1 aliphatic heterocycles. The number of nitrogens with one attached hydrogen (secondary N) is 2. The molecule has 0 saturated heterocycles. The summed E-state index contributed by atoms with van der Waals surface area (Å²) in [5, 5.41) is 7.66. The third-order valence-electron chi connectivity index (χ3n) is 4.34. The Morgan fingerprint density at radius 1 is 0.862 bits per heavy atom. The summed E-state index contributed by atoms with van der Waals surface area (Å²) in [6, 6.07) is 19.5. The first-order valence-corrected chi connectivity index (χ1v) is 9.79. The Morgan fingerprint density at radius 2 is 1.55 bits per heavy atom. The van der Waals surface area contributed by atoms with Crippen molar-refractivity contribution in [1.29, 1.82) is 0 Å². The molecular weight excluding hydrogens is 386 g/mol. The van der Waals surface area contributed by atoms with E-state index in [1.165, 1.54) is 23.2 Å². The van der Waals surface area contributed by atoms with E-state index in [0.717, 1.165) is 4.88 Å². The van der Waals surface area contributed by atoms with Gasteiger partial charge in [-0.3, -0.25) is 14.4 Å². The lowest BCUT2D eigenvalue weighted by Gasteiger charge is -2.15. The van der Waals surface area contributed by atoms with Crippen molar-refractivity contribution in [2.45, 2.75) is 6.92 Å². The number of carbonyl (C=O) groups is 3. The number of anilines is 3. The molecule has 0 atom stereocenters. The van der Waals surface area contributed by atoms with Crippen LogP contribution in [0.2, 0.25) is 0 Å². The van der Waals surface area contributed by atoms with Crippen molar-refractivity contribution in [2.75, 3.05) is 15.5 Å². The Hall–Kier alpha value is -3.71. The minimum Gasteiger partial charge on any atom is -0.350 e. The third kappa shape index (κ3) is 3.68. The number of hydrogen-bond donors (Lipinski definition) is 2. The highest BCUT2D eigenvalue weighted by Gasteiger charge is 2.40. The zero-order chi connectivity index (χ0) is 20.4. The minimum absolute atomic E-state index is 0.163. The summed E-state index contributed by atoms with van der Waals surface area (Å²) in [4.78, 5) is 39.4. The van der Waals surface area contributed by atoms with Crippen molar-refractivity contribution in [2.24, 2.45) is 0 Å². The molecule has 1 aromatic heterocycles. The molecule has 0 unspecified atom stereocenters. The number of thiophene rings is 1. The second-order valence-electron chi connectivity index (χ2n) is 6.39. The van der Waals surface area contributed by atoms with Crippen LogP contribution in [-0.4, -0.2) is 17.7 Å². The van der Waals surface area contributed by atoms with Crippen molar-refractivity contribution in [1.82, 2.24) is 0 Å². The third-order valence-corrected chi connectivity index (χ3v) is 5.23. The summed E-state index contributed by atoms with van der Waals surface area (Å²) in [5.41, 5.74) is 2.39. The topological polar surface area (TPSA) is 78.5 Å². The molecule has 144 valence electrons. The molecule has 7 heteroatoms. The summed E-state index contributed by atoms with van der Waals surface area (Å²) in [6.45, 7) is 1.44. The lowest BCUT2D eigenvalue weighted by atomic mass is 10.2. The summed E-state index contributed by atoms with van der Waals surface area (Å²) in [5.74, 6) is -0.931. The zero-order valence-corrected chi connectivity index (χ0v) is 16.3. The van der Waals surface area contributed by atoms with Gasteiger partial charge in [0.15, 0.2) is 0 Å². The van der Waals surface area contributed by atoms with Crippen molar-refractivity contribution in [3.8, 4) is 0 Å². The van der Waals surface area contributed by atoms with Crippen LogP contribution in [0.3, 0.4) is 0 Å². The molecule has 0 aliphatic carbocycles. The molecular formula is C22H17N3O3S. The smallest absolute Gasteiger partial charge is 0.282 e. The highest BCUT2D eigenvalue weighted by Crippen LogP contribution is 2.35. The molecule has 0 radical (unpaired) electrons. The fourth-order valence-corrected chi connectivity index (χ4v) is 3.86. The molecule has 29 heavy (non-hydrogen) atoms. The average Bonchev–Trinajstić information content (AvgIpc) is 3.31.